The van der Waals surface area contributed by atoms with E-state index < -0.39 is 6.17 Å². The van der Waals surface area contributed by atoms with Crippen LogP contribution in [0.2, 0.25) is 0 Å². The summed E-state index contributed by atoms with van der Waals surface area (Å²) in [5.41, 5.74) is 1.64. The van der Waals surface area contributed by atoms with E-state index in [2.05, 4.69) is 15.5 Å². The van der Waals surface area contributed by atoms with Crippen LogP contribution in [0, 0.1) is 6.92 Å². The zero-order chi connectivity index (χ0) is 13.1. The average Bonchev–Trinajstić information content (AvgIpc) is 2.86. The highest BCUT2D eigenvalue weighted by Gasteiger charge is 2.34. The molecule has 2 rings (SSSR count). The summed E-state index contributed by atoms with van der Waals surface area (Å²) in [6.07, 6.45) is -0.253. The van der Waals surface area contributed by atoms with Crippen molar-refractivity contribution in [3.05, 3.63) is 17.5 Å². The number of carbonyl (C=O) groups excluding carboxylic acids is 1. The van der Waals surface area contributed by atoms with Gasteiger partial charge in [-0.25, -0.2) is 4.39 Å². The summed E-state index contributed by atoms with van der Waals surface area (Å²) < 4.78 is 13.4. The Morgan fingerprint density at radius 2 is 2.50 bits per heavy atom. The minimum atomic E-state index is -0.909. The van der Waals surface area contributed by atoms with Crippen molar-refractivity contribution in [2.45, 2.75) is 32.0 Å². The summed E-state index contributed by atoms with van der Waals surface area (Å²) in [7, 11) is 1.81. The lowest BCUT2D eigenvalue weighted by atomic mass is 10.2. The summed E-state index contributed by atoms with van der Waals surface area (Å²) in [4.78, 5) is 13.8. The number of carbonyl (C=O) groups is 1. The van der Waals surface area contributed by atoms with Crippen molar-refractivity contribution in [2.24, 2.45) is 0 Å². The van der Waals surface area contributed by atoms with E-state index in [1.807, 2.05) is 20.0 Å². The molecular weight excluding hydrogens is 235 g/mol. The molecule has 0 spiro atoms. The number of alkyl halides is 1. The van der Waals surface area contributed by atoms with Crippen molar-refractivity contribution >= 4 is 5.91 Å². The molecule has 1 fully saturated rings. The quantitative estimate of drug-likeness (QED) is 0.818. The average molecular weight is 254 g/mol. The topological polar surface area (TPSA) is 61.0 Å². The number of hydrogen-bond donors (Lipinski definition) is 2. The van der Waals surface area contributed by atoms with E-state index in [1.54, 1.807) is 4.90 Å². The number of rotatable bonds is 4. The molecule has 2 atom stereocenters. The van der Waals surface area contributed by atoms with Gasteiger partial charge in [0, 0.05) is 24.7 Å². The fourth-order valence-electron chi connectivity index (χ4n) is 2.42. The zero-order valence-electron chi connectivity index (χ0n) is 10.7. The number of likely N-dealkylation sites (N-methyl/N-ethyl adjacent to an activating group) is 1. The Morgan fingerprint density at radius 3 is 3.11 bits per heavy atom. The Hall–Kier alpha value is -1.43. The lowest BCUT2D eigenvalue weighted by molar-refractivity contribution is -0.131. The Balaban J connectivity index is 1.99. The van der Waals surface area contributed by atoms with Gasteiger partial charge in [0.25, 0.3) is 0 Å². The van der Waals surface area contributed by atoms with Gasteiger partial charge in [0.15, 0.2) is 0 Å². The number of aromatic nitrogens is 2. The van der Waals surface area contributed by atoms with Crippen molar-refractivity contribution in [2.75, 3.05) is 20.1 Å². The van der Waals surface area contributed by atoms with Gasteiger partial charge in [-0.1, -0.05) is 0 Å². The standard InChI is InChI=1S/C12H19FN4O/c1-8-3-10(16-15-8)5-12(18)17-7-9(13)4-11(17)6-14-2/h3,9,11,14H,4-7H2,1-2H3,(H,15,16)/t9-,11-/m0/s1. The predicted molar refractivity (Wildman–Crippen MR) is 66.0 cm³/mol. The summed E-state index contributed by atoms with van der Waals surface area (Å²) in [6, 6.07) is 1.80. The highest BCUT2D eigenvalue weighted by molar-refractivity contribution is 5.79. The SMILES string of the molecule is CNC[C@@H]1C[C@H](F)CN1C(=O)Cc1cc(C)[nH]n1. The first-order valence-electron chi connectivity index (χ1n) is 6.19. The second kappa shape index (κ2) is 5.48. The maximum Gasteiger partial charge on any atom is 0.229 e. The number of nitrogens with one attached hydrogen (secondary N) is 2. The molecule has 1 aliphatic rings. The number of H-pyrrole nitrogens is 1. The molecule has 1 amide bonds. The second-order valence-corrected chi connectivity index (χ2v) is 4.81. The number of aryl methyl sites for hydroxylation is 1. The van der Waals surface area contributed by atoms with Crippen molar-refractivity contribution in [3.63, 3.8) is 0 Å². The number of likely N-dealkylation sites (tertiary alicyclic amines) is 1. The highest BCUT2D eigenvalue weighted by Crippen LogP contribution is 2.21. The van der Waals surface area contributed by atoms with Gasteiger partial charge in [-0.2, -0.15) is 5.10 Å². The third-order valence-electron chi connectivity index (χ3n) is 3.21. The molecule has 5 nitrogen and oxygen atoms in total. The number of halogens is 1. The number of hydrogen-bond acceptors (Lipinski definition) is 3. The molecule has 0 saturated carbocycles. The van der Waals surface area contributed by atoms with Gasteiger partial charge in [-0.3, -0.25) is 9.89 Å². The van der Waals surface area contributed by atoms with Crippen LogP contribution in [0.1, 0.15) is 17.8 Å². The lowest BCUT2D eigenvalue weighted by Crippen LogP contribution is -2.41. The van der Waals surface area contributed by atoms with Crippen molar-refractivity contribution in [3.8, 4) is 0 Å². The van der Waals surface area contributed by atoms with Crippen molar-refractivity contribution in [1.29, 1.82) is 0 Å². The minimum Gasteiger partial charge on any atom is -0.335 e. The third kappa shape index (κ3) is 2.87. The maximum atomic E-state index is 13.4. The van der Waals surface area contributed by atoms with Crippen LogP contribution in [0.25, 0.3) is 0 Å². The molecule has 0 aromatic carbocycles. The Bertz CT molecular complexity index is 420. The first-order valence-corrected chi connectivity index (χ1v) is 6.19. The van der Waals surface area contributed by atoms with Crippen LogP contribution in [0.3, 0.4) is 0 Å². The molecule has 6 heteroatoms. The second-order valence-electron chi connectivity index (χ2n) is 4.81. The van der Waals surface area contributed by atoms with Gasteiger partial charge in [-0.15, -0.1) is 0 Å². The fraction of sp³-hybridized carbons (Fsp3) is 0.667. The van der Waals surface area contributed by atoms with Crippen LogP contribution in [0.5, 0.6) is 0 Å². The molecule has 2 N–H and O–H groups in total. The normalized spacial score (nSPS) is 23.6. The number of nitrogens with zero attached hydrogens (tertiary/aromatic N) is 2. The van der Waals surface area contributed by atoms with E-state index in [-0.39, 0.29) is 24.9 Å². The Kier molecular flexibility index (Phi) is 3.96. The smallest absolute Gasteiger partial charge is 0.229 e. The molecule has 1 saturated heterocycles. The van der Waals surface area contributed by atoms with Crippen LogP contribution < -0.4 is 5.32 Å². The van der Waals surface area contributed by atoms with Gasteiger partial charge in [0.05, 0.1) is 18.7 Å². The monoisotopic (exact) mass is 254 g/mol. The first-order chi connectivity index (χ1) is 8.60. The molecule has 0 bridgehead atoms. The lowest BCUT2D eigenvalue weighted by Gasteiger charge is -2.23. The van der Waals surface area contributed by atoms with Crippen LogP contribution in [-0.2, 0) is 11.2 Å². The van der Waals surface area contributed by atoms with E-state index in [0.717, 1.165) is 5.69 Å². The molecule has 1 aliphatic heterocycles. The van der Waals surface area contributed by atoms with Gasteiger partial charge in [0.2, 0.25) is 5.91 Å². The third-order valence-corrected chi connectivity index (χ3v) is 3.21. The fourth-order valence-corrected chi connectivity index (χ4v) is 2.42. The highest BCUT2D eigenvalue weighted by atomic mass is 19.1. The predicted octanol–water partition coefficient (Wildman–Crippen LogP) is 0.419. The van der Waals surface area contributed by atoms with Gasteiger partial charge < -0.3 is 10.2 Å². The minimum absolute atomic E-state index is 0.0439. The summed E-state index contributed by atoms with van der Waals surface area (Å²) in [5.74, 6) is -0.0538. The van der Waals surface area contributed by atoms with Crippen LogP contribution in [0.15, 0.2) is 6.07 Å². The van der Waals surface area contributed by atoms with E-state index in [4.69, 9.17) is 0 Å². The van der Waals surface area contributed by atoms with Crippen LogP contribution in [-0.4, -0.2) is 53.4 Å². The number of amides is 1. The van der Waals surface area contributed by atoms with Gasteiger partial charge in [-0.05, 0) is 20.0 Å². The van der Waals surface area contributed by atoms with E-state index in [0.29, 0.717) is 18.7 Å². The first kappa shape index (κ1) is 13.0. The molecule has 1 aromatic rings. The molecule has 0 radical (unpaired) electrons. The summed E-state index contributed by atoms with van der Waals surface area (Å²) >= 11 is 0. The van der Waals surface area contributed by atoms with Crippen molar-refractivity contribution in [1.82, 2.24) is 20.4 Å². The van der Waals surface area contributed by atoms with E-state index >= 15 is 0 Å². The van der Waals surface area contributed by atoms with Crippen LogP contribution >= 0.6 is 0 Å². The maximum absolute atomic E-state index is 13.4. The van der Waals surface area contributed by atoms with Crippen molar-refractivity contribution < 1.29 is 9.18 Å². The number of aromatic amines is 1. The summed E-state index contributed by atoms with van der Waals surface area (Å²) in [6.45, 7) is 2.72. The van der Waals surface area contributed by atoms with E-state index in [1.165, 1.54) is 0 Å². The molecule has 100 valence electrons. The van der Waals surface area contributed by atoms with Gasteiger partial charge in [0.1, 0.15) is 6.17 Å². The molecule has 2 heterocycles. The molecule has 18 heavy (non-hydrogen) atoms. The Labute approximate surface area is 106 Å². The zero-order valence-corrected chi connectivity index (χ0v) is 10.7. The molecule has 1 aromatic heterocycles. The van der Waals surface area contributed by atoms with Gasteiger partial charge >= 0.3 is 0 Å². The molecule has 0 unspecified atom stereocenters. The Morgan fingerprint density at radius 1 is 1.72 bits per heavy atom. The largest absolute Gasteiger partial charge is 0.335 e. The van der Waals surface area contributed by atoms with Crippen LogP contribution in [0.4, 0.5) is 4.39 Å². The van der Waals surface area contributed by atoms with E-state index in [9.17, 15) is 9.18 Å². The molecular formula is C12H19FN4O. The molecule has 0 aliphatic carbocycles. The summed E-state index contributed by atoms with van der Waals surface area (Å²) in [5, 5.41) is 9.84.